The van der Waals surface area contributed by atoms with Crippen LogP contribution in [0.25, 0.3) is 0 Å². The summed E-state index contributed by atoms with van der Waals surface area (Å²) in [5.41, 5.74) is 4.70. The van der Waals surface area contributed by atoms with E-state index in [9.17, 15) is 9.59 Å². The maximum atomic E-state index is 12.2. The Balaban J connectivity index is 1.68. The number of aryl methyl sites for hydroxylation is 3. The third-order valence-corrected chi connectivity index (χ3v) is 4.96. The van der Waals surface area contributed by atoms with Crippen LogP contribution in [0, 0.1) is 13.8 Å². The zero-order chi connectivity index (χ0) is 16.4. The van der Waals surface area contributed by atoms with E-state index in [0.29, 0.717) is 5.03 Å². The molecular weight excluding hydrogens is 310 g/mol. The molecule has 0 aliphatic heterocycles. The van der Waals surface area contributed by atoms with Gasteiger partial charge < -0.3 is 10.3 Å². The Morgan fingerprint density at radius 1 is 1.35 bits per heavy atom. The average Bonchev–Trinajstić information content (AvgIpc) is 2.96. The molecular formula is C17H19N3O2S. The van der Waals surface area contributed by atoms with Gasteiger partial charge in [0.1, 0.15) is 5.03 Å². The van der Waals surface area contributed by atoms with E-state index in [4.69, 9.17) is 0 Å². The normalized spacial score (nSPS) is 13.0. The molecule has 0 saturated heterocycles. The number of carbonyl (C=O) groups excluding carboxylic acids is 1. The number of aromatic amines is 1. The lowest BCUT2D eigenvalue weighted by molar-refractivity contribution is -0.113. The Hall–Kier alpha value is -2.08. The summed E-state index contributed by atoms with van der Waals surface area (Å²) in [4.78, 5) is 30.6. The van der Waals surface area contributed by atoms with E-state index in [2.05, 4.69) is 15.3 Å². The Kier molecular flexibility index (Phi) is 4.52. The van der Waals surface area contributed by atoms with E-state index in [1.165, 1.54) is 11.8 Å². The zero-order valence-electron chi connectivity index (χ0n) is 13.2. The lowest BCUT2D eigenvalue weighted by Gasteiger charge is -2.10. The van der Waals surface area contributed by atoms with Gasteiger partial charge in [-0.1, -0.05) is 23.9 Å². The first-order valence-electron chi connectivity index (χ1n) is 7.65. The predicted octanol–water partition coefficient (Wildman–Crippen LogP) is 2.61. The van der Waals surface area contributed by atoms with Crippen molar-refractivity contribution in [2.45, 2.75) is 38.1 Å². The van der Waals surface area contributed by atoms with Crippen LogP contribution in [-0.2, 0) is 17.6 Å². The zero-order valence-corrected chi connectivity index (χ0v) is 14.0. The van der Waals surface area contributed by atoms with E-state index in [1.807, 2.05) is 32.0 Å². The molecule has 0 spiro atoms. The fourth-order valence-electron chi connectivity index (χ4n) is 2.74. The van der Waals surface area contributed by atoms with E-state index < -0.39 is 0 Å². The summed E-state index contributed by atoms with van der Waals surface area (Å²) in [5.74, 6) is 0.161. The summed E-state index contributed by atoms with van der Waals surface area (Å²) in [7, 11) is 0. The number of nitrogens with one attached hydrogen (secondary N) is 2. The van der Waals surface area contributed by atoms with Crippen molar-refractivity contribution in [2.75, 3.05) is 11.1 Å². The Morgan fingerprint density at radius 3 is 3.00 bits per heavy atom. The maximum Gasteiger partial charge on any atom is 0.346 e. The van der Waals surface area contributed by atoms with E-state index in [1.54, 1.807) is 0 Å². The molecule has 2 aromatic rings. The molecule has 6 heteroatoms. The van der Waals surface area contributed by atoms with Gasteiger partial charge in [-0.05, 0) is 50.3 Å². The van der Waals surface area contributed by atoms with Crippen LogP contribution in [0.5, 0.6) is 0 Å². The van der Waals surface area contributed by atoms with Crippen molar-refractivity contribution in [3.8, 4) is 0 Å². The molecule has 23 heavy (non-hydrogen) atoms. The van der Waals surface area contributed by atoms with Crippen molar-refractivity contribution in [1.82, 2.24) is 9.97 Å². The lowest BCUT2D eigenvalue weighted by Crippen LogP contribution is -2.18. The number of benzene rings is 1. The van der Waals surface area contributed by atoms with Crippen LogP contribution in [0.2, 0.25) is 0 Å². The number of hydrogen-bond donors (Lipinski definition) is 2. The van der Waals surface area contributed by atoms with Gasteiger partial charge in [-0.2, -0.15) is 4.98 Å². The molecule has 0 unspecified atom stereocenters. The largest absolute Gasteiger partial charge is 0.346 e. The van der Waals surface area contributed by atoms with Gasteiger partial charge in [-0.3, -0.25) is 4.79 Å². The number of carbonyl (C=O) groups is 1. The first kappa shape index (κ1) is 15.8. The molecule has 0 radical (unpaired) electrons. The summed E-state index contributed by atoms with van der Waals surface area (Å²) in [6.45, 7) is 3.96. The Labute approximate surface area is 138 Å². The minimum absolute atomic E-state index is 0.0856. The number of H-pyrrole nitrogens is 1. The quantitative estimate of drug-likeness (QED) is 0.668. The second-order valence-corrected chi connectivity index (χ2v) is 6.78. The summed E-state index contributed by atoms with van der Waals surface area (Å²) < 4.78 is 0. The van der Waals surface area contributed by atoms with Crippen molar-refractivity contribution >= 4 is 23.4 Å². The molecule has 0 atom stereocenters. The molecule has 3 rings (SSSR count). The highest BCUT2D eigenvalue weighted by atomic mass is 32.2. The number of hydrogen-bond acceptors (Lipinski definition) is 4. The molecule has 1 aliphatic carbocycles. The number of anilines is 1. The van der Waals surface area contributed by atoms with Crippen LogP contribution in [0.3, 0.4) is 0 Å². The lowest BCUT2D eigenvalue weighted by atomic mass is 10.1. The minimum Gasteiger partial charge on any atom is -0.325 e. The number of aromatic nitrogens is 2. The monoisotopic (exact) mass is 329 g/mol. The molecule has 1 aromatic heterocycles. The molecule has 0 bridgehead atoms. The fourth-order valence-corrected chi connectivity index (χ4v) is 3.63. The standard InChI is InChI=1S/C17H19N3O2S/c1-10-6-7-11(2)14(8-10)18-15(21)9-23-16-12-4-3-5-13(12)19-17(22)20-16/h6-8H,3-5,9H2,1-2H3,(H,18,21)(H,19,20,22). The highest BCUT2D eigenvalue weighted by Gasteiger charge is 2.18. The van der Waals surface area contributed by atoms with Crippen molar-refractivity contribution in [3.05, 3.63) is 51.1 Å². The Morgan fingerprint density at radius 2 is 2.17 bits per heavy atom. The molecule has 5 nitrogen and oxygen atoms in total. The third kappa shape index (κ3) is 3.64. The predicted molar refractivity (Wildman–Crippen MR) is 92.2 cm³/mol. The molecule has 1 aliphatic rings. The fraction of sp³-hybridized carbons (Fsp3) is 0.353. The van der Waals surface area contributed by atoms with Crippen molar-refractivity contribution in [3.63, 3.8) is 0 Å². The van der Waals surface area contributed by atoms with E-state index >= 15 is 0 Å². The van der Waals surface area contributed by atoms with Crippen molar-refractivity contribution in [1.29, 1.82) is 0 Å². The molecule has 1 heterocycles. The summed E-state index contributed by atoms with van der Waals surface area (Å²) in [5, 5.41) is 3.62. The number of fused-ring (bicyclic) bond motifs is 1. The molecule has 120 valence electrons. The minimum atomic E-state index is -0.330. The van der Waals surface area contributed by atoms with Crippen molar-refractivity contribution in [2.24, 2.45) is 0 Å². The summed E-state index contributed by atoms with van der Waals surface area (Å²) in [6.07, 6.45) is 2.83. The smallest absolute Gasteiger partial charge is 0.325 e. The molecule has 2 N–H and O–H groups in total. The van der Waals surface area contributed by atoms with Crippen LogP contribution in [0.4, 0.5) is 5.69 Å². The topological polar surface area (TPSA) is 74.8 Å². The molecule has 1 aromatic carbocycles. The first-order chi connectivity index (χ1) is 11.0. The van der Waals surface area contributed by atoms with Crippen LogP contribution in [0.15, 0.2) is 28.0 Å². The van der Waals surface area contributed by atoms with Gasteiger partial charge in [0.05, 0.1) is 5.75 Å². The van der Waals surface area contributed by atoms with E-state index in [-0.39, 0.29) is 17.3 Å². The molecule has 0 saturated carbocycles. The van der Waals surface area contributed by atoms with Crippen molar-refractivity contribution < 1.29 is 4.79 Å². The van der Waals surface area contributed by atoms with Crippen LogP contribution >= 0.6 is 11.8 Å². The Bertz CT molecular complexity index is 814. The van der Waals surface area contributed by atoms with Gasteiger partial charge in [0.25, 0.3) is 0 Å². The van der Waals surface area contributed by atoms with Crippen LogP contribution in [-0.4, -0.2) is 21.6 Å². The third-order valence-electron chi connectivity index (χ3n) is 3.94. The first-order valence-corrected chi connectivity index (χ1v) is 8.63. The summed E-state index contributed by atoms with van der Waals surface area (Å²) >= 11 is 1.33. The van der Waals surface area contributed by atoms with Gasteiger partial charge >= 0.3 is 5.69 Å². The highest BCUT2D eigenvalue weighted by molar-refractivity contribution is 8.00. The number of thioether (sulfide) groups is 1. The maximum absolute atomic E-state index is 12.2. The second-order valence-electron chi connectivity index (χ2n) is 5.81. The number of rotatable bonds is 4. The van der Waals surface area contributed by atoms with Gasteiger partial charge in [0.15, 0.2) is 0 Å². The van der Waals surface area contributed by atoms with E-state index in [0.717, 1.165) is 47.3 Å². The average molecular weight is 329 g/mol. The van der Waals surface area contributed by atoms with Gasteiger partial charge in [-0.25, -0.2) is 4.79 Å². The van der Waals surface area contributed by atoms with Crippen LogP contribution < -0.4 is 11.0 Å². The second kappa shape index (κ2) is 6.58. The SMILES string of the molecule is Cc1ccc(C)c(NC(=O)CSc2nc(=O)[nH]c3c2CCC3)c1. The molecule has 0 fully saturated rings. The van der Waals surface area contributed by atoms with Gasteiger partial charge in [0.2, 0.25) is 5.91 Å². The number of nitrogens with zero attached hydrogens (tertiary/aromatic N) is 1. The van der Waals surface area contributed by atoms with Gasteiger partial charge in [-0.15, -0.1) is 0 Å². The van der Waals surface area contributed by atoms with Crippen LogP contribution in [0.1, 0.15) is 28.8 Å². The number of amides is 1. The molecule has 1 amide bonds. The summed E-state index contributed by atoms with van der Waals surface area (Å²) in [6, 6.07) is 5.97. The van der Waals surface area contributed by atoms with Gasteiger partial charge in [0, 0.05) is 16.9 Å². The highest BCUT2D eigenvalue weighted by Crippen LogP contribution is 2.28.